The lowest BCUT2D eigenvalue weighted by Gasteiger charge is -2.26. The molecule has 0 spiro atoms. The summed E-state index contributed by atoms with van der Waals surface area (Å²) >= 11 is 1.64. The summed E-state index contributed by atoms with van der Waals surface area (Å²) in [5.74, 6) is -0.224. The van der Waals surface area contributed by atoms with Crippen LogP contribution in [0.1, 0.15) is 39.0 Å². The first-order valence-electron chi connectivity index (χ1n) is 9.13. The highest BCUT2D eigenvalue weighted by Crippen LogP contribution is 2.20. The van der Waals surface area contributed by atoms with Crippen molar-refractivity contribution < 1.29 is 9.59 Å². The summed E-state index contributed by atoms with van der Waals surface area (Å²) in [7, 11) is 0. The zero-order valence-electron chi connectivity index (χ0n) is 14.7. The van der Waals surface area contributed by atoms with E-state index in [0.29, 0.717) is 0 Å². The summed E-state index contributed by atoms with van der Waals surface area (Å²) in [6.07, 6.45) is 7.12. The highest BCUT2D eigenvalue weighted by molar-refractivity contribution is 7.13. The Kier molecular flexibility index (Phi) is 6.25. The summed E-state index contributed by atoms with van der Waals surface area (Å²) in [5, 5.41) is 8.43. The zero-order chi connectivity index (χ0) is 17.6. The minimum atomic E-state index is -0.358. The third-order valence-electron chi connectivity index (χ3n) is 5.07. The van der Waals surface area contributed by atoms with Crippen LogP contribution in [0.2, 0.25) is 0 Å². The normalized spacial score (nSPS) is 20.9. The van der Waals surface area contributed by atoms with E-state index in [9.17, 15) is 9.59 Å². The number of hydrogen-bond acceptors (Lipinski definition) is 6. The van der Waals surface area contributed by atoms with E-state index in [1.807, 2.05) is 18.5 Å². The molecule has 7 nitrogen and oxygen atoms in total. The van der Waals surface area contributed by atoms with Gasteiger partial charge in [-0.05, 0) is 26.2 Å². The van der Waals surface area contributed by atoms with E-state index in [1.54, 1.807) is 11.3 Å². The van der Waals surface area contributed by atoms with Crippen LogP contribution in [-0.4, -0.2) is 60.1 Å². The number of rotatable bonds is 4. The highest BCUT2D eigenvalue weighted by atomic mass is 32.1. The molecule has 3 rings (SSSR count). The second kappa shape index (κ2) is 8.62. The second-order valence-corrected chi connectivity index (χ2v) is 7.68. The van der Waals surface area contributed by atoms with E-state index in [1.165, 1.54) is 0 Å². The SMILES string of the molecule is C[C@H](C(=O)NC(=O)NC1CCCC1)N1CCCN(c2nccs2)CC1. The van der Waals surface area contributed by atoms with Crippen LogP contribution in [0.5, 0.6) is 0 Å². The third-order valence-corrected chi connectivity index (χ3v) is 5.91. The number of thiazole rings is 1. The molecule has 1 atom stereocenters. The maximum atomic E-state index is 12.4. The average molecular weight is 366 g/mol. The van der Waals surface area contributed by atoms with Gasteiger partial charge in [0.2, 0.25) is 5.91 Å². The van der Waals surface area contributed by atoms with Crippen molar-refractivity contribution in [1.29, 1.82) is 0 Å². The lowest BCUT2D eigenvalue weighted by Crippen LogP contribution is -2.51. The summed E-state index contributed by atoms with van der Waals surface area (Å²) in [6, 6.07) is -0.457. The van der Waals surface area contributed by atoms with Gasteiger partial charge in [0, 0.05) is 43.8 Å². The first kappa shape index (κ1) is 18.1. The van der Waals surface area contributed by atoms with Crippen molar-refractivity contribution in [2.24, 2.45) is 0 Å². The quantitative estimate of drug-likeness (QED) is 0.851. The number of nitrogens with zero attached hydrogens (tertiary/aromatic N) is 3. The van der Waals surface area contributed by atoms with Gasteiger partial charge in [-0.15, -0.1) is 11.3 Å². The van der Waals surface area contributed by atoms with Crippen LogP contribution in [0.3, 0.4) is 0 Å². The van der Waals surface area contributed by atoms with E-state index in [2.05, 4.69) is 25.4 Å². The molecular weight excluding hydrogens is 338 g/mol. The van der Waals surface area contributed by atoms with Gasteiger partial charge < -0.3 is 10.2 Å². The minimum Gasteiger partial charge on any atom is -0.347 e. The number of imide groups is 1. The van der Waals surface area contributed by atoms with E-state index in [0.717, 1.165) is 63.4 Å². The molecule has 0 unspecified atom stereocenters. The Morgan fingerprint density at radius 3 is 2.72 bits per heavy atom. The molecule has 0 bridgehead atoms. The molecular formula is C17H27N5O2S. The van der Waals surface area contributed by atoms with Crippen molar-refractivity contribution >= 4 is 28.4 Å². The van der Waals surface area contributed by atoms with Crippen LogP contribution in [0.25, 0.3) is 0 Å². The summed E-state index contributed by atoms with van der Waals surface area (Å²) in [6.45, 7) is 5.30. The van der Waals surface area contributed by atoms with Gasteiger partial charge in [0.1, 0.15) is 0 Å². The van der Waals surface area contributed by atoms with Crippen molar-refractivity contribution in [3.8, 4) is 0 Å². The summed E-state index contributed by atoms with van der Waals surface area (Å²) in [4.78, 5) is 33.2. The molecule has 0 aromatic carbocycles. The van der Waals surface area contributed by atoms with Crippen LogP contribution in [-0.2, 0) is 4.79 Å². The smallest absolute Gasteiger partial charge is 0.321 e. The van der Waals surface area contributed by atoms with E-state index in [-0.39, 0.29) is 24.0 Å². The van der Waals surface area contributed by atoms with Crippen molar-refractivity contribution in [3.05, 3.63) is 11.6 Å². The zero-order valence-corrected chi connectivity index (χ0v) is 15.6. The van der Waals surface area contributed by atoms with Crippen LogP contribution < -0.4 is 15.5 Å². The highest BCUT2D eigenvalue weighted by Gasteiger charge is 2.26. The Bertz CT molecular complexity index is 574. The average Bonchev–Trinajstić information content (AvgIpc) is 3.24. The maximum absolute atomic E-state index is 12.4. The predicted octanol–water partition coefficient (Wildman–Crippen LogP) is 1.81. The van der Waals surface area contributed by atoms with Crippen molar-refractivity contribution in [2.75, 3.05) is 31.1 Å². The summed E-state index contributed by atoms with van der Waals surface area (Å²) < 4.78 is 0. The number of carbonyl (C=O) groups is 2. The van der Waals surface area contributed by atoms with E-state index in [4.69, 9.17) is 0 Å². The maximum Gasteiger partial charge on any atom is 0.321 e. The number of anilines is 1. The lowest BCUT2D eigenvalue weighted by atomic mass is 10.2. The Balaban J connectivity index is 1.47. The predicted molar refractivity (Wildman–Crippen MR) is 98.9 cm³/mol. The Morgan fingerprint density at radius 2 is 2.00 bits per heavy atom. The van der Waals surface area contributed by atoms with Gasteiger partial charge >= 0.3 is 6.03 Å². The fourth-order valence-electron chi connectivity index (χ4n) is 3.56. The van der Waals surface area contributed by atoms with Gasteiger partial charge in [-0.25, -0.2) is 9.78 Å². The second-order valence-electron chi connectivity index (χ2n) is 6.81. The molecule has 1 aliphatic carbocycles. The molecule has 2 N–H and O–H groups in total. The standard InChI is InChI=1S/C17H27N5O2S/c1-13(15(23)20-16(24)19-14-5-2-3-6-14)21-8-4-9-22(11-10-21)17-18-7-12-25-17/h7,12-14H,2-6,8-11H2,1H3,(H2,19,20,23,24)/t13-/m1/s1. The minimum absolute atomic E-state index is 0.216. The number of hydrogen-bond donors (Lipinski definition) is 2. The molecule has 1 aromatic rings. The van der Waals surface area contributed by atoms with Gasteiger partial charge in [-0.3, -0.25) is 15.0 Å². The first-order valence-corrected chi connectivity index (χ1v) is 10.0. The number of amides is 3. The molecule has 1 saturated heterocycles. The third kappa shape index (κ3) is 4.92. The fourth-order valence-corrected chi connectivity index (χ4v) is 4.26. The molecule has 2 aliphatic rings. The van der Waals surface area contributed by atoms with Gasteiger partial charge in [0.25, 0.3) is 0 Å². The number of aromatic nitrogens is 1. The first-order chi connectivity index (χ1) is 12.1. The topological polar surface area (TPSA) is 77.6 Å². The van der Waals surface area contributed by atoms with Crippen LogP contribution in [0.4, 0.5) is 9.93 Å². The molecule has 1 aliphatic heterocycles. The van der Waals surface area contributed by atoms with Crippen molar-refractivity contribution in [3.63, 3.8) is 0 Å². The van der Waals surface area contributed by atoms with Gasteiger partial charge in [0.05, 0.1) is 6.04 Å². The molecule has 25 heavy (non-hydrogen) atoms. The van der Waals surface area contributed by atoms with Crippen LogP contribution in [0, 0.1) is 0 Å². The molecule has 2 fully saturated rings. The monoisotopic (exact) mass is 365 g/mol. The lowest BCUT2D eigenvalue weighted by molar-refractivity contribution is -0.124. The molecule has 138 valence electrons. The summed E-state index contributed by atoms with van der Waals surface area (Å²) in [5.41, 5.74) is 0. The van der Waals surface area contributed by atoms with Gasteiger partial charge in [-0.2, -0.15) is 0 Å². The van der Waals surface area contributed by atoms with Gasteiger partial charge in [-0.1, -0.05) is 12.8 Å². The van der Waals surface area contributed by atoms with Crippen LogP contribution in [0.15, 0.2) is 11.6 Å². The molecule has 1 aromatic heterocycles. The Labute approximate surface area is 152 Å². The Morgan fingerprint density at radius 1 is 1.20 bits per heavy atom. The van der Waals surface area contributed by atoms with Crippen LogP contribution >= 0.6 is 11.3 Å². The Hall–Kier alpha value is -1.67. The number of nitrogens with one attached hydrogen (secondary N) is 2. The fraction of sp³-hybridized carbons (Fsp3) is 0.706. The molecule has 1 saturated carbocycles. The van der Waals surface area contributed by atoms with Crippen molar-refractivity contribution in [1.82, 2.24) is 20.5 Å². The van der Waals surface area contributed by atoms with Crippen molar-refractivity contribution in [2.45, 2.75) is 51.1 Å². The van der Waals surface area contributed by atoms with Gasteiger partial charge in [0.15, 0.2) is 5.13 Å². The number of carbonyl (C=O) groups excluding carboxylic acids is 2. The molecule has 0 radical (unpaired) electrons. The number of urea groups is 1. The molecule has 8 heteroatoms. The molecule has 3 amide bonds. The molecule has 2 heterocycles. The van der Waals surface area contributed by atoms with E-state index < -0.39 is 0 Å². The van der Waals surface area contributed by atoms with E-state index >= 15 is 0 Å². The largest absolute Gasteiger partial charge is 0.347 e.